The summed E-state index contributed by atoms with van der Waals surface area (Å²) in [6, 6.07) is 16.1. The molecule has 7 nitrogen and oxygen atoms in total. The smallest absolute Gasteiger partial charge is 0.253 e. The van der Waals surface area contributed by atoms with Crippen LogP contribution in [0.1, 0.15) is 17.3 Å². The van der Waals surface area contributed by atoms with Gasteiger partial charge in [0.15, 0.2) is 0 Å². The Labute approximate surface area is 176 Å². The average Bonchev–Trinajstić information content (AvgIpc) is 2.80. The summed E-state index contributed by atoms with van der Waals surface area (Å²) in [5, 5.41) is 6.34. The second-order valence-corrected chi connectivity index (χ2v) is 7.73. The Morgan fingerprint density at radius 3 is 2.23 bits per heavy atom. The minimum absolute atomic E-state index is 0.132. The number of aromatic nitrogens is 1. The fourth-order valence-electron chi connectivity index (χ4n) is 3.88. The summed E-state index contributed by atoms with van der Waals surface area (Å²) in [6.45, 7) is 4.93. The zero-order valence-electron chi connectivity index (χ0n) is 17.2. The van der Waals surface area contributed by atoms with Gasteiger partial charge < -0.3 is 15.5 Å². The molecule has 0 bridgehead atoms. The normalized spacial score (nSPS) is 16.4. The maximum absolute atomic E-state index is 12.2. The monoisotopic (exact) mass is 405 g/mol. The maximum atomic E-state index is 12.2. The standard InChI is InChI=1S/C23H27N5O2/c1-27-11-13-28(14-12-27)19(17-7-3-2-4-8-17)16-26-21-20(22(29)23(21)30)25-15-18-9-5-6-10-24-18/h2-10,19,25-26H,11-16H2,1H3. The summed E-state index contributed by atoms with van der Waals surface area (Å²) in [5.41, 5.74) is 1.84. The van der Waals surface area contributed by atoms with Crippen LogP contribution in [0.4, 0.5) is 11.4 Å². The van der Waals surface area contributed by atoms with Crippen molar-refractivity contribution in [1.29, 1.82) is 0 Å². The average molecular weight is 406 g/mol. The van der Waals surface area contributed by atoms with Crippen LogP contribution in [-0.4, -0.2) is 54.6 Å². The largest absolute Gasteiger partial charge is 0.378 e. The van der Waals surface area contributed by atoms with E-state index in [1.165, 1.54) is 5.56 Å². The molecule has 1 unspecified atom stereocenters. The first-order chi connectivity index (χ1) is 14.6. The molecule has 3 aromatic rings. The van der Waals surface area contributed by atoms with E-state index in [-0.39, 0.29) is 6.04 Å². The van der Waals surface area contributed by atoms with E-state index in [4.69, 9.17) is 0 Å². The third-order valence-electron chi connectivity index (χ3n) is 5.72. The van der Waals surface area contributed by atoms with Gasteiger partial charge in [-0.2, -0.15) is 0 Å². The SMILES string of the molecule is CN1CCN(C(CNc2c(NCc3ccccn3)c(=O)c2=O)c2ccccc2)CC1. The van der Waals surface area contributed by atoms with Gasteiger partial charge in [-0.05, 0) is 24.7 Å². The molecular formula is C23H27N5O2. The van der Waals surface area contributed by atoms with Crippen molar-refractivity contribution in [2.24, 2.45) is 0 Å². The van der Waals surface area contributed by atoms with Crippen LogP contribution in [0.15, 0.2) is 64.3 Å². The Morgan fingerprint density at radius 1 is 0.900 bits per heavy atom. The number of nitrogens with zero attached hydrogens (tertiary/aromatic N) is 3. The molecule has 30 heavy (non-hydrogen) atoms. The fourth-order valence-corrected chi connectivity index (χ4v) is 3.88. The van der Waals surface area contributed by atoms with Gasteiger partial charge in [-0.3, -0.25) is 19.5 Å². The molecular weight excluding hydrogens is 378 g/mol. The summed E-state index contributed by atoms with van der Waals surface area (Å²) in [4.78, 5) is 33.3. The number of anilines is 2. The number of pyridine rings is 1. The number of hydrogen-bond acceptors (Lipinski definition) is 7. The molecule has 0 saturated carbocycles. The van der Waals surface area contributed by atoms with E-state index in [1.807, 2.05) is 36.4 Å². The van der Waals surface area contributed by atoms with Crippen molar-refractivity contribution in [3.63, 3.8) is 0 Å². The van der Waals surface area contributed by atoms with Crippen molar-refractivity contribution in [2.45, 2.75) is 12.6 Å². The zero-order valence-corrected chi connectivity index (χ0v) is 17.2. The molecule has 2 N–H and O–H groups in total. The Hall–Kier alpha value is -3.03. The third-order valence-corrected chi connectivity index (χ3v) is 5.72. The summed E-state index contributed by atoms with van der Waals surface area (Å²) >= 11 is 0. The first-order valence-corrected chi connectivity index (χ1v) is 10.3. The van der Waals surface area contributed by atoms with Gasteiger partial charge in [-0.1, -0.05) is 36.4 Å². The lowest BCUT2D eigenvalue weighted by Gasteiger charge is -2.38. The van der Waals surface area contributed by atoms with Crippen molar-refractivity contribution < 1.29 is 0 Å². The number of hydrogen-bond donors (Lipinski definition) is 2. The van der Waals surface area contributed by atoms with Crippen molar-refractivity contribution >= 4 is 11.4 Å². The van der Waals surface area contributed by atoms with Crippen LogP contribution in [0.3, 0.4) is 0 Å². The Morgan fingerprint density at radius 2 is 1.57 bits per heavy atom. The van der Waals surface area contributed by atoms with Crippen LogP contribution in [0.25, 0.3) is 0 Å². The van der Waals surface area contributed by atoms with E-state index in [2.05, 4.69) is 44.6 Å². The van der Waals surface area contributed by atoms with Gasteiger partial charge in [0.05, 0.1) is 18.3 Å². The molecule has 0 amide bonds. The van der Waals surface area contributed by atoms with Crippen LogP contribution < -0.4 is 21.5 Å². The van der Waals surface area contributed by atoms with E-state index in [0.29, 0.717) is 24.5 Å². The van der Waals surface area contributed by atoms with Crippen molar-refractivity contribution in [3.05, 3.63) is 86.4 Å². The lowest BCUT2D eigenvalue weighted by atomic mass is 10.0. The molecule has 1 saturated heterocycles. The molecule has 1 fully saturated rings. The van der Waals surface area contributed by atoms with E-state index in [0.717, 1.165) is 31.9 Å². The second-order valence-electron chi connectivity index (χ2n) is 7.73. The van der Waals surface area contributed by atoms with Crippen LogP contribution in [-0.2, 0) is 6.54 Å². The Bertz CT molecular complexity index is 1020. The maximum Gasteiger partial charge on any atom is 0.253 e. The predicted molar refractivity (Wildman–Crippen MR) is 120 cm³/mol. The summed E-state index contributed by atoms with van der Waals surface area (Å²) < 4.78 is 0. The summed E-state index contributed by atoms with van der Waals surface area (Å²) in [5.74, 6) is 0. The Kier molecular flexibility index (Phi) is 6.21. The molecule has 1 atom stereocenters. The number of benzene rings is 1. The highest BCUT2D eigenvalue weighted by Crippen LogP contribution is 2.24. The van der Waals surface area contributed by atoms with Gasteiger partial charge in [0.2, 0.25) is 0 Å². The fraction of sp³-hybridized carbons (Fsp3) is 0.348. The van der Waals surface area contributed by atoms with Crippen molar-refractivity contribution in [3.8, 4) is 0 Å². The molecule has 1 aliphatic heterocycles. The van der Waals surface area contributed by atoms with Gasteiger partial charge in [-0.15, -0.1) is 0 Å². The molecule has 0 aliphatic carbocycles. The van der Waals surface area contributed by atoms with Gasteiger partial charge in [-0.25, -0.2) is 0 Å². The summed E-state index contributed by atoms with van der Waals surface area (Å²) in [7, 11) is 2.14. The summed E-state index contributed by atoms with van der Waals surface area (Å²) in [6.07, 6.45) is 1.71. The van der Waals surface area contributed by atoms with Crippen LogP contribution in [0.2, 0.25) is 0 Å². The van der Waals surface area contributed by atoms with E-state index in [1.54, 1.807) is 6.20 Å². The highest BCUT2D eigenvalue weighted by molar-refractivity contribution is 5.74. The van der Waals surface area contributed by atoms with E-state index < -0.39 is 10.9 Å². The van der Waals surface area contributed by atoms with E-state index >= 15 is 0 Å². The first-order valence-electron chi connectivity index (χ1n) is 10.3. The van der Waals surface area contributed by atoms with Gasteiger partial charge in [0.25, 0.3) is 10.9 Å². The van der Waals surface area contributed by atoms with Crippen LogP contribution in [0.5, 0.6) is 0 Å². The number of likely N-dealkylation sites (N-methyl/N-ethyl adjacent to an activating group) is 1. The molecule has 1 aromatic heterocycles. The molecule has 156 valence electrons. The van der Waals surface area contributed by atoms with Crippen molar-refractivity contribution in [2.75, 3.05) is 50.4 Å². The predicted octanol–water partition coefficient (Wildman–Crippen LogP) is 1.69. The lowest BCUT2D eigenvalue weighted by Crippen LogP contribution is -2.48. The molecule has 1 aliphatic rings. The lowest BCUT2D eigenvalue weighted by molar-refractivity contribution is 0.116. The zero-order chi connectivity index (χ0) is 20.9. The number of piperazine rings is 1. The molecule has 0 radical (unpaired) electrons. The number of nitrogens with one attached hydrogen (secondary N) is 2. The second kappa shape index (κ2) is 9.19. The Balaban J connectivity index is 1.47. The molecule has 4 rings (SSSR count). The van der Waals surface area contributed by atoms with Crippen LogP contribution >= 0.6 is 0 Å². The van der Waals surface area contributed by atoms with Gasteiger partial charge >= 0.3 is 0 Å². The van der Waals surface area contributed by atoms with Gasteiger partial charge in [0.1, 0.15) is 11.4 Å². The molecule has 0 spiro atoms. The van der Waals surface area contributed by atoms with Gasteiger partial charge in [0, 0.05) is 38.9 Å². The molecule has 2 heterocycles. The highest BCUT2D eigenvalue weighted by Gasteiger charge is 2.26. The minimum Gasteiger partial charge on any atom is -0.378 e. The highest BCUT2D eigenvalue weighted by atomic mass is 16.2. The van der Waals surface area contributed by atoms with Crippen molar-refractivity contribution in [1.82, 2.24) is 14.8 Å². The topological polar surface area (TPSA) is 77.6 Å². The van der Waals surface area contributed by atoms with E-state index in [9.17, 15) is 9.59 Å². The quantitative estimate of drug-likeness (QED) is 0.552. The number of rotatable bonds is 8. The minimum atomic E-state index is -0.468. The van der Waals surface area contributed by atoms with Crippen LogP contribution in [0, 0.1) is 0 Å². The molecule has 2 aromatic carbocycles. The third kappa shape index (κ3) is 4.42. The molecule has 7 heteroatoms. The first kappa shape index (κ1) is 20.3.